The van der Waals surface area contributed by atoms with Crippen molar-refractivity contribution in [3.05, 3.63) is 29.8 Å². The fourth-order valence-corrected chi connectivity index (χ4v) is 5.43. The number of alkyl halides is 3. The summed E-state index contributed by atoms with van der Waals surface area (Å²) in [5, 5.41) is -0.871. The number of carbonyl (C=O) groups is 1. The molecule has 1 amide bonds. The molecule has 0 radical (unpaired) electrons. The number of rotatable bonds is 3. The Bertz CT molecular complexity index is 764. The number of sulfonamides is 1. The minimum atomic E-state index is -4.59. The van der Waals surface area contributed by atoms with Gasteiger partial charge in [-0.25, -0.2) is 8.42 Å². The summed E-state index contributed by atoms with van der Waals surface area (Å²) in [7, 11) is -3.73. The third-order valence-corrected chi connectivity index (χ3v) is 6.88. The molecule has 1 saturated heterocycles. The quantitative estimate of drug-likeness (QED) is 0.814. The molecule has 2 aliphatic rings. The van der Waals surface area contributed by atoms with Crippen LogP contribution in [0.1, 0.15) is 24.8 Å². The molecule has 5 nitrogen and oxygen atoms in total. The topological polar surface area (TPSA) is 57.7 Å². The van der Waals surface area contributed by atoms with Crippen LogP contribution in [0.3, 0.4) is 0 Å². The number of hydrogen-bond acceptors (Lipinski definition) is 3. The molecule has 1 aromatic carbocycles. The first-order valence-electron chi connectivity index (χ1n) is 8.12. The molecule has 2 heterocycles. The first-order chi connectivity index (χ1) is 11.7. The molecule has 0 aromatic heterocycles. The van der Waals surface area contributed by atoms with Gasteiger partial charge in [0.2, 0.25) is 15.9 Å². The molecule has 25 heavy (non-hydrogen) atoms. The highest BCUT2D eigenvalue weighted by atomic mass is 32.2. The van der Waals surface area contributed by atoms with E-state index >= 15 is 0 Å². The third-order valence-electron chi connectivity index (χ3n) is 4.66. The van der Waals surface area contributed by atoms with Gasteiger partial charge in [-0.2, -0.15) is 13.2 Å². The van der Waals surface area contributed by atoms with Crippen molar-refractivity contribution >= 4 is 21.6 Å². The fourth-order valence-electron chi connectivity index (χ4n) is 3.44. The smallest absolute Gasteiger partial charge is 0.341 e. The van der Waals surface area contributed by atoms with Gasteiger partial charge < -0.3 is 4.90 Å². The molecule has 0 unspecified atom stereocenters. The Morgan fingerprint density at radius 1 is 1.20 bits per heavy atom. The predicted octanol–water partition coefficient (Wildman–Crippen LogP) is 2.32. The first-order valence-corrected chi connectivity index (χ1v) is 9.63. The number of benzene rings is 1. The Morgan fingerprint density at radius 3 is 2.64 bits per heavy atom. The fraction of sp³-hybridized carbons (Fsp3) is 0.562. The normalized spacial score (nSPS) is 21.3. The number of hydrogen-bond donors (Lipinski definition) is 0. The summed E-state index contributed by atoms with van der Waals surface area (Å²) in [5.74, 6) is -1.06. The highest BCUT2D eigenvalue weighted by Crippen LogP contribution is 2.33. The summed E-state index contributed by atoms with van der Waals surface area (Å²) in [6.07, 6.45) is -4.80. The van der Waals surface area contributed by atoms with Crippen LogP contribution in [0.5, 0.6) is 0 Å². The lowest BCUT2D eigenvalue weighted by Gasteiger charge is -2.35. The Morgan fingerprint density at radius 2 is 1.92 bits per heavy atom. The van der Waals surface area contributed by atoms with E-state index in [4.69, 9.17) is 0 Å². The molecule has 0 saturated carbocycles. The van der Waals surface area contributed by atoms with Crippen molar-refractivity contribution < 1.29 is 26.4 Å². The highest BCUT2D eigenvalue weighted by Gasteiger charge is 2.41. The van der Waals surface area contributed by atoms with Gasteiger partial charge in [-0.15, -0.1) is 0 Å². The summed E-state index contributed by atoms with van der Waals surface area (Å²) < 4.78 is 64.6. The van der Waals surface area contributed by atoms with Crippen LogP contribution in [-0.2, 0) is 21.2 Å². The Kier molecular flexibility index (Phi) is 4.70. The largest absolute Gasteiger partial charge is 0.397 e. The number of halogens is 3. The first kappa shape index (κ1) is 18.0. The molecule has 0 N–H and O–H groups in total. The zero-order chi connectivity index (χ0) is 18.2. The SMILES string of the molecule is O=C(CC(F)(F)F)N1CCC[C@H](S(=O)(=O)N2CCc3ccccc32)C1. The molecule has 2 aliphatic heterocycles. The number of carbonyl (C=O) groups excluding carboxylic acids is 1. The maximum atomic E-state index is 13.0. The molecule has 138 valence electrons. The van der Waals surface area contributed by atoms with Crippen molar-refractivity contribution in [1.82, 2.24) is 4.90 Å². The van der Waals surface area contributed by atoms with Crippen molar-refractivity contribution in [2.45, 2.75) is 37.1 Å². The van der Waals surface area contributed by atoms with E-state index in [1.165, 1.54) is 4.31 Å². The molecule has 9 heteroatoms. The Labute approximate surface area is 144 Å². The molecular formula is C16H19F3N2O3S. The second kappa shape index (κ2) is 6.51. The van der Waals surface area contributed by atoms with Crippen LogP contribution >= 0.6 is 0 Å². The lowest BCUT2D eigenvalue weighted by atomic mass is 10.1. The lowest BCUT2D eigenvalue weighted by molar-refractivity contribution is -0.161. The number of fused-ring (bicyclic) bond motifs is 1. The van der Waals surface area contributed by atoms with Gasteiger partial charge >= 0.3 is 6.18 Å². The minimum absolute atomic E-state index is 0.164. The van der Waals surface area contributed by atoms with E-state index in [9.17, 15) is 26.4 Å². The van der Waals surface area contributed by atoms with E-state index in [1.54, 1.807) is 12.1 Å². The van der Waals surface area contributed by atoms with E-state index in [0.717, 1.165) is 10.5 Å². The standard InChI is InChI=1S/C16H19F3N2O3S/c17-16(18,19)10-15(22)20-8-3-5-13(11-20)25(23,24)21-9-7-12-4-1-2-6-14(12)21/h1-2,4,6,13H,3,5,7-11H2/t13-/m0/s1. The van der Waals surface area contributed by atoms with Crippen LogP contribution in [-0.4, -0.2) is 50.3 Å². The monoisotopic (exact) mass is 376 g/mol. The van der Waals surface area contributed by atoms with Crippen LogP contribution in [0.4, 0.5) is 18.9 Å². The molecular weight excluding hydrogens is 357 g/mol. The molecule has 1 aromatic rings. The van der Waals surface area contributed by atoms with Gasteiger partial charge in [0.1, 0.15) is 6.42 Å². The van der Waals surface area contributed by atoms with Crippen LogP contribution in [0.15, 0.2) is 24.3 Å². The maximum absolute atomic E-state index is 13.0. The Hall–Kier alpha value is -1.77. The number of amides is 1. The molecule has 0 bridgehead atoms. The van der Waals surface area contributed by atoms with Crippen molar-refractivity contribution in [2.75, 3.05) is 23.9 Å². The maximum Gasteiger partial charge on any atom is 0.397 e. The average molecular weight is 376 g/mol. The average Bonchev–Trinajstić information content (AvgIpc) is 2.98. The summed E-state index contributed by atoms with van der Waals surface area (Å²) in [6.45, 7) is 0.308. The summed E-state index contributed by atoms with van der Waals surface area (Å²) in [6, 6.07) is 7.19. The van der Waals surface area contributed by atoms with Gasteiger partial charge in [-0.05, 0) is 30.9 Å². The second-order valence-electron chi connectivity index (χ2n) is 6.39. The zero-order valence-electron chi connectivity index (χ0n) is 13.5. The van der Waals surface area contributed by atoms with Crippen LogP contribution < -0.4 is 4.31 Å². The number of anilines is 1. The van der Waals surface area contributed by atoms with E-state index in [-0.39, 0.29) is 13.1 Å². The van der Waals surface area contributed by atoms with Crippen LogP contribution in [0, 0.1) is 0 Å². The molecule has 0 spiro atoms. The number of likely N-dealkylation sites (tertiary alicyclic amines) is 1. The van der Waals surface area contributed by atoms with Gasteiger partial charge in [0, 0.05) is 19.6 Å². The summed E-state index contributed by atoms with van der Waals surface area (Å²) >= 11 is 0. The molecule has 3 rings (SSSR count). The van der Waals surface area contributed by atoms with E-state index in [0.29, 0.717) is 31.5 Å². The van der Waals surface area contributed by atoms with Crippen LogP contribution in [0.2, 0.25) is 0 Å². The molecule has 1 atom stereocenters. The van der Waals surface area contributed by atoms with Gasteiger partial charge in [-0.3, -0.25) is 9.10 Å². The number of para-hydroxylation sites is 1. The summed E-state index contributed by atoms with van der Waals surface area (Å²) in [5.41, 5.74) is 1.56. The number of nitrogens with zero attached hydrogens (tertiary/aromatic N) is 2. The summed E-state index contributed by atoms with van der Waals surface area (Å²) in [4.78, 5) is 12.8. The van der Waals surface area contributed by atoms with E-state index < -0.39 is 33.8 Å². The van der Waals surface area contributed by atoms with E-state index in [1.807, 2.05) is 12.1 Å². The van der Waals surface area contributed by atoms with Gasteiger partial charge in [0.25, 0.3) is 0 Å². The van der Waals surface area contributed by atoms with Crippen molar-refractivity contribution in [3.8, 4) is 0 Å². The number of piperidine rings is 1. The predicted molar refractivity (Wildman–Crippen MR) is 86.7 cm³/mol. The van der Waals surface area contributed by atoms with Crippen molar-refractivity contribution in [1.29, 1.82) is 0 Å². The van der Waals surface area contributed by atoms with Gasteiger partial charge in [-0.1, -0.05) is 18.2 Å². The van der Waals surface area contributed by atoms with Gasteiger partial charge in [0.05, 0.1) is 10.9 Å². The second-order valence-corrected chi connectivity index (χ2v) is 8.53. The molecule has 0 aliphatic carbocycles. The lowest BCUT2D eigenvalue weighted by Crippen LogP contribution is -2.50. The van der Waals surface area contributed by atoms with E-state index in [2.05, 4.69) is 0 Å². The molecule has 1 fully saturated rings. The van der Waals surface area contributed by atoms with Crippen molar-refractivity contribution in [2.24, 2.45) is 0 Å². The Balaban J connectivity index is 1.76. The van der Waals surface area contributed by atoms with Gasteiger partial charge in [0.15, 0.2) is 0 Å². The van der Waals surface area contributed by atoms with Crippen molar-refractivity contribution in [3.63, 3.8) is 0 Å². The third kappa shape index (κ3) is 3.75. The highest BCUT2D eigenvalue weighted by molar-refractivity contribution is 7.93. The zero-order valence-corrected chi connectivity index (χ0v) is 14.3. The van der Waals surface area contributed by atoms with Crippen LogP contribution in [0.25, 0.3) is 0 Å². The minimum Gasteiger partial charge on any atom is -0.341 e.